The van der Waals surface area contributed by atoms with Crippen molar-refractivity contribution in [1.29, 1.82) is 0 Å². The number of nitrogens with zero attached hydrogens (tertiary/aromatic N) is 3. The molecular formula is C22H25N3O3. The number of hydrogen-bond donors (Lipinski definition) is 0. The largest absolute Gasteiger partial charge is 0.337 e. The van der Waals surface area contributed by atoms with Crippen LogP contribution in [-0.2, 0) is 24.4 Å². The Balaban J connectivity index is 2.00. The van der Waals surface area contributed by atoms with Crippen molar-refractivity contribution in [2.45, 2.75) is 39.9 Å². The maximum absolute atomic E-state index is 13.0. The highest BCUT2D eigenvalue weighted by Crippen LogP contribution is 2.10. The molecule has 0 aliphatic carbocycles. The molecule has 1 amide bonds. The lowest BCUT2D eigenvalue weighted by Crippen LogP contribution is -2.43. The van der Waals surface area contributed by atoms with Crippen molar-refractivity contribution >= 4 is 16.8 Å². The van der Waals surface area contributed by atoms with E-state index >= 15 is 0 Å². The van der Waals surface area contributed by atoms with Gasteiger partial charge in [0.05, 0.1) is 10.9 Å². The molecule has 1 heterocycles. The third kappa shape index (κ3) is 3.91. The summed E-state index contributed by atoms with van der Waals surface area (Å²) < 4.78 is 2.64. The Labute approximate surface area is 163 Å². The molecule has 0 saturated carbocycles. The SMILES string of the molecule is CCCn1c(=O)c2ccccc2n(CC(=O)N(CC)Cc2ccccc2)c1=O. The van der Waals surface area contributed by atoms with Crippen LogP contribution in [0.25, 0.3) is 10.9 Å². The van der Waals surface area contributed by atoms with Gasteiger partial charge >= 0.3 is 5.69 Å². The monoisotopic (exact) mass is 379 g/mol. The molecule has 0 aliphatic heterocycles. The molecule has 0 fully saturated rings. The van der Waals surface area contributed by atoms with Crippen molar-refractivity contribution < 1.29 is 4.79 Å². The van der Waals surface area contributed by atoms with Gasteiger partial charge in [-0.15, -0.1) is 0 Å². The Hall–Kier alpha value is -3.15. The molecular weight excluding hydrogens is 354 g/mol. The lowest BCUT2D eigenvalue weighted by atomic mass is 10.2. The van der Waals surface area contributed by atoms with Gasteiger partial charge in [0, 0.05) is 19.6 Å². The quantitative estimate of drug-likeness (QED) is 0.634. The van der Waals surface area contributed by atoms with Crippen LogP contribution >= 0.6 is 0 Å². The Morgan fingerprint density at radius 2 is 1.61 bits per heavy atom. The summed E-state index contributed by atoms with van der Waals surface area (Å²) in [5, 5.41) is 0.453. The minimum Gasteiger partial charge on any atom is -0.337 e. The van der Waals surface area contributed by atoms with E-state index in [4.69, 9.17) is 0 Å². The number of aromatic nitrogens is 2. The molecule has 1 aromatic heterocycles. The number of fused-ring (bicyclic) bond motifs is 1. The number of carbonyl (C=O) groups excluding carboxylic acids is 1. The van der Waals surface area contributed by atoms with E-state index in [-0.39, 0.29) is 18.0 Å². The van der Waals surface area contributed by atoms with Crippen molar-refractivity contribution in [3.8, 4) is 0 Å². The average molecular weight is 379 g/mol. The first-order chi connectivity index (χ1) is 13.6. The predicted octanol–water partition coefficient (Wildman–Crippen LogP) is 2.62. The van der Waals surface area contributed by atoms with E-state index < -0.39 is 5.69 Å². The van der Waals surface area contributed by atoms with Gasteiger partial charge in [-0.1, -0.05) is 49.4 Å². The molecule has 2 aromatic carbocycles. The Bertz CT molecular complexity index is 1080. The van der Waals surface area contributed by atoms with Crippen LogP contribution in [0.5, 0.6) is 0 Å². The van der Waals surface area contributed by atoms with Crippen molar-refractivity contribution in [2.24, 2.45) is 0 Å². The van der Waals surface area contributed by atoms with Crippen LogP contribution in [0, 0.1) is 0 Å². The van der Waals surface area contributed by atoms with E-state index in [1.165, 1.54) is 9.13 Å². The number of para-hydroxylation sites is 1. The minimum absolute atomic E-state index is 0.0932. The highest BCUT2D eigenvalue weighted by molar-refractivity contribution is 5.81. The molecule has 0 spiro atoms. The third-order valence-electron chi connectivity index (χ3n) is 4.82. The zero-order valence-electron chi connectivity index (χ0n) is 16.3. The van der Waals surface area contributed by atoms with Crippen molar-refractivity contribution in [2.75, 3.05) is 6.54 Å². The third-order valence-corrected chi connectivity index (χ3v) is 4.82. The van der Waals surface area contributed by atoms with Crippen molar-refractivity contribution in [3.05, 3.63) is 81.0 Å². The smallest absolute Gasteiger partial charge is 0.331 e. The normalized spacial score (nSPS) is 10.9. The highest BCUT2D eigenvalue weighted by Gasteiger charge is 2.18. The summed E-state index contributed by atoms with van der Waals surface area (Å²) >= 11 is 0. The molecule has 146 valence electrons. The van der Waals surface area contributed by atoms with Crippen LogP contribution in [-0.4, -0.2) is 26.5 Å². The van der Waals surface area contributed by atoms with Gasteiger partial charge < -0.3 is 4.90 Å². The lowest BCUT2D eigenvalue weighted by molar-refractivity contribution is -0.132. The number of rotatable bonds is 7. The van der Waals surface area contributed by atoms with Crippen LogP contribution < -0.4 is 11.2 Å². The lowest BCUT2D eigenvalue weighted by Gasteiger charge is -2.22. The van der Waals surface area contributed by atoms with E-state index in [1.807, 2.05) is 44.2 Å². The van der Waals surface area contributed by atoms with Gasteiger partial charge in [-0.3, -0.25) is 18.7 Å². The molecule has 6 nitrogen and oxygen atoms in total. The zero-order chi connectivity index (χ0) is 20.1. The summed E-state index contributed by atoms with van der Waals surface area (Å²) in [4.78, 5) is 40.3. The summed E-state index contributed by atoms with van der Waals surface area (Å²) in [7, 11) is 0. The zero-order valence-corrected chi connectivity index (χ0v) is 16.3. The van der Waals surface area contributed by atoms with Crippen LogP contribution in [0.15, 0.2) is 64.2 Å². The molecule has 0 atom stereocenters. The fourth-order valence-electron chi connectivity index (χ4n) is 3.36. The van der Waals surface area contributed by atoms with Gasteiger partial charge in [0.15, 0.2) is 0 Å². The maximum Gasteiger partial charge on any atom is 0.331 e. The summed E-state index contributed by atoms with van der Waals surface area (Å²) in [6.45, 7) is 5.09. The first-order valence-electron chi connectivity index (χ1n) is 9.60. The van der Waals surface area contributed by atoms with E-state index in [0.717, 1.165) is 5.56 Å². The minimum atomic E-state index is -0.435. The van der Waals surface area contributed by atoms with Crippen LogP contribution in [0.1, 0.15) is 25.8 Å². The number of amides is 1. The Morgan fingerprint density at radius 1 is 0.929 bits per heavy atom. The molecule has 0 N–H and O–H groups in total. The Kier molecular flexibility index (Phi) is 6.09. The van der Waals surface area contributed by atoms with E-state index in [1.54, 1.807) is 29.2 Å². The van der Waals surface area contributed by atoms with E-state index in [0.29, 0.717) is 37.0 Å². The fraction of sp³-hybridized carbons (Fsp3) is 0.318. The fourth-order valence-corrected chi connectivity index (χ4v) is 3.36. The van der Waals surface area contributed by atoms with Crippen molar-refractivity contribution in [3.63, 3.8) is 0 Å². The van der Waals surface area contributed by atoms with Crippen LogP contribution in [0.3, 0.4) is 0 Å². The molecule has 0 unspecified atom stereocenters. The average Bonchev–Trinajstić information content (AvgIpc) is 2.73. The van der Waals surface area contributed by atoms with Crippen molar-refractivity contribution in [1.82, 2.24) is 14.0 Å². The summed E-state index contributed by atoms with van der Waals surface area (Å²) in [5.74, 6) is -0.152. The second-order valence-corrected chi connectivity index (χ2v) is 6.74. The molecule has 0 bridgehead atoms. The molecule has 0 aliphatic rings. The van der Waals surface area contributed by atoms with Crippen LogP contribution in [0.2, 0.25) is 0 Å². The second kappa shape index (κ2) is 8.69. The van der Waals surface area contributed by atoms with Gasteiger partial charge in [0.1, 0.15) is 6.54 Å². The standard InChI is InChI=1S/C22H25N3O3/c1-3-14-24-21(27)18-12-8-9-13-19(18)25(22(24)28)16-20(26)23(4-2)15-17-10-6-5-7-11-17/h5-13H,3-4,14-16H2,1-2H3. The number of carbonyl (C=O) groups is 1. The van der Waals surface area contributed by atoms with Gasteiger partial charge in [-0.25, -0.2) is 4.79 Å². The molecule has 0 radical (unpaired) electrons. The van der Waals surface area contributed by atoms with Gasteiger partial charge in [0.25, 0.3) is 5.56 Å². The summed E-state index contributed by atoms with van der Waals surface area (Å²) in [6.07, 6.45) is 0.663. The number of hydrogen-bond acceptors (Lipinski definition) is 3. The van der Waals surface area contributed by atoms with Crippen LogP contribution in [0.4, 0.5) is 0 Å². The maximum atomic E-state index is 13.0. The summed E-state index contributed by atoms with van der Waals surface area (Å²) in [6, 6.07) is 16.7. The van der Waals surface area contributed by atoms with Gasteiger partial charge in [-0.2, -0.15) is 0 Å². The molecule has 6 heteroatoms. The first kappa shape index (κ1) is 19.6. The molecule has 3 rings (SSSR count). The van der Waals surface area contributed by atoms with E-state index in [2.05, 4.69) is 0 Å². The van der Waals surface area contributed by atoms with E-state index in [9.17, 15) is 14.4 Å². The first-order valence-corrected chi connectivity index (χ1v) is 9.60. The van der Waals surface area contributed by atoms with Gasteiger partial charge in [-0.05, 0) is 31.0 Å². The topological polar surface area (TPSA) is 64.3 Å². The Morgan fingerprint density at radius 3 is 2.29 bits per heavy atom. The highest BCUT2D eigenvalue weighted by atomic mass is 16.2. The number of likely N-dealkylation sites (N-methyl/N-ethyl adjacent to an activating group) is 1. The molecule has 0 saturated heterocycles. The summed E-state index contributed by atoms with van der Waals surface area (Å²) in [5.41, 5.74) is 0.789. The predicted molar refractivity (Wildman–Crippen MR) is 110 cm³/mol. The molecule has 28 heavy (non-hydrogen) atoms. The number of benzene rings is 2. The molecule has 3 aromatic rings. The van der Waals surface area contributed by atoms with Gasteiger partial charge in [0.2, 0.25) is 5.91 Å². The second-order valence-electron chi connectivity index (χ2n) is 6.74.